The molecule has 0 spiro atoms. The van der Waals surface area contributed by atoms with E-state index in [9.17, 15) is 4.79 Å². The van der Waals surface area contributed by atoms with Gasteiger partial charge in [0.15, 0.2) is 0 Å². The van der Waals surface area contributed by atoms with Crippen LogP contribution in [-0.4, -0.2) is 23.7 Å². The molecule has 0 radical (unpaired) electrons. The van der Waals surface area contributed by atoms with Crippen molar-refractivity contribution in [2.75, 3.05) is 12.8 Å². The molecule has 1 amide bonds. The van der Waals surface area contributed by atoms with Crippen molar-refractivity contribution >= 4 is 17.7 Å². The van der Waals surface area contributed by atoms with Crippen LogP contribution in [0.25, 0.3) is 0 Å². The molecule has 0 aliphatic carbocycles. The Kier molecular flexibility index (Phi) is 4.81. The predicted molar refractivity (Wildman–Crippen MR) is 78.2 cm³/mol. The minimum Gasteiger partial charge on any atom is -0.440 e. The number of aromatic nitrogens is 1. The van der Waals surface area contributed by atoms with E-state index in [1.54, 1.807) is 13.2 Å². The molecule has 3 N–H and O–H groups in total. The number of hydrogen-bond acceptors (Lipinski definition) is 5. The van der Waals surface area contributed by atoms with Crippen LogP contribution in [-0.2, 0) is 10.3 Å². The number of oxazole rings is 1. The molecule has 0 bridgehead atoms. The first kappa shape index (κ1) is 14.6. The molecule has 0 aliphatic rings. The van der Waals surface area contributed by atoms with Crippen LogP contribution < -0.4 is 11.1 Å². The number of nitrogens with zero attached hydrogens (tertiary/aromatic N) is 1. The third kappa shape index (κ3) is 3.02. The number of nitrogens with one attached hydrogen (secondary N) is 1. The van der Waals surface area contributed by atoms with Gasteiger partial charge in [-0.25, -0.2) is 4.98 Å². The normalized spacial score (nSPS) is 13.8. The van der Waals surface area contributed by atoms with E-state index in [4.69, 9.17) is 10.2 Å². The van der Waals surface area contributed by atoms with Crippen LogP contribution in [0.1, 0.15) is 12.0 Å². The van der Waals surface area contributed by atoms with Gasteiger partial charge in [0.25, 0.3) is 5.22 Å². The maximum Gasteiger partial charge on any atom is 0.255 e. The minimum atomic E-state index is -0.874. The molecule has 20 heavy (non-hydrogen) atoms. The summed E-state index contributed by atoms with van der Waals surface area (Å²) in [5.74, 6) is 0.276. The highest BCUT2D eigenvalue weighted by atomic mass is 32.2. The number of amides is 1. The number of carbonyl (C=O) groups excluding carboxylic acids is 1. The summed E-state index contributed by atoms with van der Waals surface area (Å²) >= 11 is 1.46. The van der Waals surface area contributed by atoms with Gasteiger partial charge in [-0.1, -0.05) is 42.1 Å². The summed E-state index contributed by atoms with van der Waals surface area (Å²) in [6.07, 6.45) is 3.67. The van der Waals surface area contributed by atoms with E-state index < -0.39 is 5.54 Å². The van der Waals surface area contributed by atoms with Crippen molar-refractivity contribution in [1.29, 1.82) is 0 Å². The van der Waals surface area contributed by atoms with Crippen molar-refractivity contribution < 1.29 is 9.21 Å². The second kappa shape index (κ2) is 6.58. The summed E-state index contributed by atoms with van der Waals surface area (Å²) in [6.45, 7) is 0. The number of nitrogens with two attached hydrogens (primary N) is 1. The lowest BCUT2D eigenvalue weighted by molar-refractivity contribution is -0.124. The molecule has 0 fully saturated rings. The average Bonchev–Trinajstić information content (AvgIpc) is 2.97. The van der Waals surface area contributed by atoms with Crippen molar-refractivity contribution in [3.05, 3.63) is 48.4 Å². The number of primary amides is 1. The summed E-state index contributed by atoms with van der Waals surface area (Å²) in [4.78, 5) is 16.0. The molecule has 0 saturated heterocycles. The lowest BCUT2D eigenvalue weighted by Crippen LogP contribution is -2.51. The van der Waals surface area contributed by atoms with Crippen molar-refractivity contribution in [2.24, 2.45) is 5.73 Å². The summed E-state index contributed by atoms with van der Waals surface area (Å²) in [7, 11) is 1.74. The van der Waals surface area contributed by atoms with Gasteiger partial charge in [0, 0.05) is 5.75 Å². The molecule has 1 heterocycles. The summed E-state index contributed by atoms with van der Waals surface area (Å²) in [5.41, 5.74) is 5.61. The lowest BCUT2D eigenvalue weighted by atomic mass is 9.86. The molecule has 2 aromatic rings. The molecule has 106 valence electrons. The van der Waals surface area contributed by atoms with Gasteiger partial charge in [-0.2, -0.15) is 0 Å². The molecule has 1 atom stereocenters. The van der Waals surface area contributed by atoms with Gasteiger partial charge < -0.3 is 15.5 Å². The maximum atomic E-state index is 12.0. The van der Waals surface area contributed by atoms with Gasteiger partial charge in [-0.05, 0) is 19.0 Å². The van der Waals surface area contributed by atoms with Gasteiger partial charge in [0.05, 0.1) is 6.20 Å². The third-order valence-electron chi connectivity index (χ3n) is 3.23. The Morgan fingerprint density at radius 3 is 2.75 bits per heavy atom. The van der Waals surface area contributed by atoms with E-state index in [2.05, 4.69) is 10.3 Å². The van der Waals surface area contributed by atoms with Crippen LogP contribution in [0.3, 0.4) is 0 Å². The van der Waals surface area contributed by atoms with Crippen molar-refractivity contribution in [2.45, 2.75) is 17.2 Å². The van der Waals surface area contributed by atoms with Gasteiger partial charge >= 0.3 is 0 Å². The number of likely N-dealkylation sites (N-methyl/N-ethyl adjacent to an activating group) is 1. The first-order chi connectivity index (χ1) is 9.69. The summed E-state index contributed by atoms with van der Waals surface area (Å²) in [6, 6.07) is 9.50. The second-order valence-electron chi connectivity index (χ2n) is 4.28. The highest BCUT2D eigenvalue weighted by Gasteiger charge is 2.36. The molecule has 1 aromatic heterocycles. The van der Waals surface area contributed by atoms with Crippen LogP contribution in [0.4, 0.5) is 0 Å². The van der Waals surface area contributed by atoms with Crippen LogP contribution in [0, 0.1) is 0 Å². The Morgan fingerprint density at radius 2 is 2.20 bits per heavy atom. The Morgan fingerprint density at radius 1 is 1.45 bits per heavy atom. The largest absolute Gasteiger partial charge is 0.440 e. The lowest BCUT2D eigenvalue weighted by Gasteiger charge is -2.30. The number of benzene rings is 1. The minimum absolute atomic E-state index is 0.390. The van der Waals surface area contributed by atoms with Gasteiger partial charge in [-0.3, -0.25) is 4.79 Å². The first-order valence-electron chi connectivity index (χ1n) is 6.25. The van der Waals surface area contributed by atoms with E-state index in [-0.39, 0.29) is 5.91 Å². The van der Waals surface area contributed by atoms with E-state index >= 15 is 0 Å². The van der Waals surface area contributed by atoms with Crippen molar-refractivity contribution in [3.8, 4) is 0 Å². The van der Waals surface area contributed by atoms with Gasteiger partial charge in [0.1, 0.15) is 11.8 Å². The second-order valence-corrected chi connectivity index (χ2v) is 5.33. The quantitative estimate of drug-likeness (QED) is 0.760. The molecular formula is C14H17N3O2S. The number of hydrogen-bond donors (Lipinski definition) is 2. The molecule has 1 unspecified atom stereocenters. The fourth-order valence-corrected chi connectivity index (χ4v) is 2.94. The monoisotopic (exact) mass is 291 g/mol. The molecule has 6 heteroatoms. The van der Waals surface area contributed by atoms with Crippen LogP contribution in [0.5, 0.6) is 0 Å². The number of rotatable bonds is 7. The SMILES string of the molecule is CNC(CCSc1ncco1)(C(N)=O)c1ccccc1. The third-order valence-corrected chi connectivity index (χ3v) is 4.08. The highest BCUT2D eigenvalue weighted by Crippen LogP contribution is 2.28. The summed E-state index contributed by atoms with van der Waals surface area (Å²) < 4.78 is 5.16. The van der Waals surface area contributed by atoms with Gasteiger partial charge in [-0.15, -0.1) is 0 Å². The Bertz CT molecular complexity index is 545. The maximum absolute atomic E-state index is 12.0. The number of thioether (sulfide) groups is 1. The molecule has 5 nitrogen and oxygen atoms in total. The van der Waals surface area contributed by atoms with Crippen LogP contribution >= 0.6 is 11.8 Å². The van der Waals surface area contributed by atoms with E-state index in [1.165, 1.54) is 18.0 Å². The fraction of sp³-hybridized carbons (Fsp3) is 0.286. The van der Waals surface area contributed by atoms with Crippen molar-refractivity contribution in [1.82, 2.24) is 10.3 Å². The Balaban J connectivity index is 2.13. The Hall–Kier alpha value is -1.79. The molecule has 2 rings (SSSR count). The predicted octanol–water partition coefficient (Wildman–Crippen LogP) is 1.76. The molecule has 0 aliphatic heterocycles. The highest BCUT2D eigenvalue weighted by molar-refractivity contribution is 7.99. The topological polar surface area (TPSA) is 81.2 Å². The average molecular weight is 291 g/mol. The summed E-state index contributed by atoms with van der Waals surface area (Å²) in [5, 5.41) is 3.66. The Labute approximate surface area is 122 Å². The van der Waals surface area contributed by atoms with Gasteiger partial charge in [0.2, 0.25) is 5.91 Å². The zero-order chi connectivity index (χ0) is 14.4. The zero-order valence-electron chi connectivity index (χ0n) is 11.2. The smallest absolute Gasteiger partial charge is 0.255 e. The van der Waals surface area contributed by atoms with E-state index in [0.717, 1.165) is 5.56 Å². The fourth-order valence-electron chi connectivity index (χ4n) is 2.10. The number of carbonyl (C=O) groups is 1. The zero-order valence-corrected chi connectivity index (χ0v) is 12.0. The van der Waals surface area contributed by atoms with Crippen LogP contribution in [0.2, 0.25) is 0 Å². The molecule has 0 saturated carbocycles. The van der Waals surface area contributed by atoms with E-state index in [1.807, 2.05) is 30.3 Å². The standard InChI is InChI=1S/C14H17N3O2S/c1-16-14(12(15)18,11-5-3-2-4-6-11)7-10-20-13-17-8-9-19-13/h2-6,8-9,16H,7,10H2,1H3,(H2,15,18). The van der Waals surface area contributed by atoms with Crippen LogP contribution in [0.15, 0.2) is 52.4 Å². The van der Waals surface area contributed by atoms with E-state index in [0.29, 0.717) is 17.4 Å². The first-order valence-corrected chi connectivity index (χ1v) is 7.24. The van der Waals surface area contributed by atoms with Crippen molar-refractivity contribution in [3.63, 3.8) is 0 Å². The molecular weight excluding hydrogens is 274 g/mol. The molecule has 1 aromatic carbocycles.